The van der Waals surface area contributed by atoms with Crippen LogP contribution in [0.1, 0.15) is 44.7 Å². The average molecular weight is 342 g/mol. The quantitative estimate of drug-likeness (QED) is 0.411. The number of hydrogen-bond acceptors (Lipinski definition) is 6. The second-order valence-corrected chi connectivity index (χ2v) is 5.04. The summed E-state index contributed by atoms with van der Waals surface area (Å²) in [5, 5.41) is 36.1. The van der Waals surface area contributed by atoms with Gasteiger partial charge in [0.05, 0.1) is 24.3 Å². The molecule has 0 unspecified atom stereocenters. The van der Waals surface area contributed by atoms with Gasteiger partial charge in [0.1, 0.15) is 0 Å². The molecule has 8 heteroatoms. The topological polar surface area (TPSA) is 134 Å². The van der Waals surface area contributed by atoms with Gasteiger partial charge in [-0.25, -0.2) is 9.59 Å². The normalized spacial score (nSPS) is 10.8. The van der Waals surface area contributed by atoms with Crippen LogP contribution in [0.3, 0.4) is 0 Å². The Morgan fingerprint density at radius 1 is 0.833 bits per heavy atom. The minimum Gasteiger partial charge on any atom is -0.478 e. The van der Waals surface area contributed by atoms with Crippen LogP contribution in [0.4, 0.5) is 0 Å². The van der Waals surface area contributed by atoms with Crippen LogP contribution in [0.25, 0.3) is 0 Å². The molecule has 0 bridgehead atoms. The highest BCUT2D eigenvalue weighted by molar-refractivity contribution is 5.97. The molecule has 0 heterocycles. The Balaban J connectivity index is 3.02. The first-order chi connectivity index (χ1) is 11.5. The van der Waals surface area contributed by atoms with Crippen molar-refractivity contribution in [2.45, 2.75) is 26.1 Å². The van der Waals surface area contributed by atoms with Crippen LogP contribution in [0.15, 0.2) is 12.1 Å². The van der Waals surface area contributed by atoms with Crippen molar-refractivity contribution in [3.8, 4) is 0 Å². The fourth-order valence-electron chi connectivity index (χ4n) is 2.05. The number of rotatable bonds is 12. The van der Waals surface area contributed by atoms with Crippen molar-refractivity contribution in [3.05, 3.63) is 34.4 Å². The minimum atomic E-state index is -1.25. The molecule has 0 aliphatic rings. The third-order valence-corrected chi connectivity index (χ3v) is 3.18. The van der Waals surface area contributed by atoms with Crippen molar-refractivity contribution in [1.82, 2.24) is 0 Å². The Morgan fingerprint density at radius 2 is 1.29 bits per heavy atom. The van der Waals surface area contributed by atoms with E-state index in [-0.39, 0.29) is 56.3 Å². The molecule has 0 aliphatic heterocycles. The Hall–Kier alpha value is -2.00. The third-order valence-electron chi connectivity index (χ3n) is 3.18. The Bertz CT molecular complexity index is 520. The van der Waals surface area contributed by atoms with E-state index in [0.29, 0.717) is 18.4 Å². The zero-order valence-electron chi connectivity index (χ0n) is 13.2. The fraction of sp³-hybridized carbons (Fsp3) is 0.500. The molecule has 0 radical (unpaired) electrons. The van der Waals surface area contributed by atoms with Gasteiger partial charge in [-0.1, -0.05) is 0 Å². The van der Waals surface area contributed by atoms with E-state index < -0.39 is 11.9 Å². The number of hydrogen-bond donors (Lipinski definition) is 4. The highest BCUT2D eigenvalue weighted by Gasteiger charge is 2.20. The van der Waals surface area contributed by atoms with E-state index in [0.717, 1.165) is 0 Å². The first kappa shape index (κ1) is 20.0. The molecule has 0 atom stereocenters. The monoisotopic (exact) mass is 342 g/mol. The second-order valence-electron chi connectivity index (χ2n) is 5.04. The van der Waals surface area contributed by atoms with Crippen molar-refractivity contribution in [1.29, 1.82) is 0 Å². The Labute approximate surface area is 139 Å². The molecule has 1 aromatic carbocycles. The number of aliphatic hydroxyl groups excluding tert-OH is 2. The molecule has 0 saturated carbocycles. The van der Waals surface area contributed by atoms with Crippen molar-refractivity contribution in [2.75, 3.05) is 26.4 Å². The summed E-state index contributed by atoms with van der Waals surface area (Å²) < 4.78 is 10.5. The zero-order valence-corrected chi connectivity index (χ0v) is 13.2. The van der Waals surface area contributed by atoms with Crippen molar-refractivity contribution < 1.29 is 39.5 Å². The lowest BCUT2D eigenvalue weighted by atomic mass is 9.98. The maximum atomic E-state index is 11.5. The summed E-state index contributed by atoms with van der Waals surface area (Å²) in [6.45, 7) is 0.266. The standard InChI is InChI=1S/C16H22O8/c17-3-1-5-23-9-11-7-12(15(19)20)14(10-24-6-2-4-18)13(8-11)16(21)22/h7-8,17-18H,1-6,9-10H2,(H,19,20)(H,21,22). The van der Waals surface area contributed by atoms with Crippen molar-refractivity contribution in [3.63, 3.8) is 0 Å². The summed E-state index contributed by atoms with van der Waals surface area (Å²) in [5.74, 6) is -2.51. The lowest BCUT2D eigenvalue weighted by Crippen LogP contribution is -2.13. The number of aromatic carboxylic acids is 2. The Morgan fingerprint density at radius 3 is 1.71 bits per heavy atom. The third kappa shape index (κ3) is 6.25. The van der Waals surface area contributed by atoms with Crippen LogP contribution in [0, 0.1) is 0 Å². The van der Waals surface area contributed by atoms with E-state index in [1.807, 2.05) is 0 Å². The maximum Gasteiger partial charge on any atom is 0.336 e. The predicted molar refractivity (Wildman–Crippen MR) is 83.1 cm³/mol. The summed E-state index contributed by atoms with van der Waals surface area (Å²) in [6.07, 6.45) is 0.815. The molecular formula is C16H22O8. The SMILES string of the molecule is O=C(O)c1cc(COCCCO)cc(C(=O)O)c1COCCCO. The van der Waals surface area contributed by atoms with Crippen LogP contribution >= 0.6 is 0 Å². The maximum absolute atomic E-state index is 11.5. The first-order valence-corrected chi connectivity index (χ1v) is 7.50. The molecule has 0 aliphatic carbocycles. The zero-order chi connectivity index (χ0) is 17.9. The van der Waals surface area contributed by atoms with E-state index in [1.54, 1.807) is 0 Å². The number of carbonyl (C=O) groups is 2. The minimum absolute atomic E-state index is 0.0229. The molecule has 1 aromatic rings. The van der Waals surface area contributed by atoms with Gasteiger partial charge in [-0.15, -0.1) is 0 Å². The van der Waals surface area contributed by atoms with Crippen molar-refractivity contribution >= 4 is 11.9 Å². The first-order valence-electron chi connectivity index (χ1n) is 7.50. The molecule has 1 rings (SSSR count). The number of carboxylic acids is 2. The van der Waals surface area contributed by atoms with E-state index in [2.05, 4.69) is 0 Å². The molecule has 0 saturated heterocycles. The number of aliphatic hydroxyl groups is 2. The van der Waals surface area contributed by atoms with E-state index in [1.165, 1.54) is 12.1 Å². The van der Waals surface area contributed by atoms with Gasteiger partial charge < -0.3 is 29.9 Å². The second kappa shape index (κ2) is 10.7. The van der Waals surface area contributed by atoms with Gasteiger partial charge in [-0.3, -0.25) is 0 Å². The predicted octanol–water partition coefficient (Wildman–Crippen LogP) is 0.881. The molecule has 134 valence electrons. The number of benzene rings is 1. The molecule has 0 aromatic heterocycles. The lowest BCUT2D eigenvalue weighted by molar-refractivity contribution is 0.0671. The average Bonchev–Trinajstić information content (AvgIpc) is 2.55. The van der Waals surface area contributed by atoms with Crippen LogP contribution in [-0.2, 0) is 22.7 Å². The van der Waals surface area contributed by atoms with Crippen LogP contribution in [-0.4, -0.2) is 58.8 Å². The fourth-order valence-corrected chi connectivity index (χ4v) is 2.05. The van der Waals surface area contributed by atoms with E-state index >= 15 is 0 Å². The summed E-state index contributed by atoms with van der Waals surface area (Å²) in [6, 6.07) is 2.72. The molecular weight excluding hydrogens is 320 g/mol. The largest absolute Gasteiger partial charge is 0.478 e. The highest BCUT2D eigenvalue weighted by atomic mass is 16.5. The van der Waals surface area contributed by atoms with Gasteiger partial charge in [0.2, 0.25) is 0 Å². The molecule has 24 heavy (non-hydrogen) atoms. The molecule has 0 fully saturated rings. The summed E-state index contributed by atoms with van der Waals surface area (Å²) in [4.78, 5) is 22.9. The highest BCUT2D eigenvalue weighted by Crippen LogP contribution is 2.21. The molecule has 8 nitrogen and oxygen atoms in total. The summed E-state index contributed by atoms with van der Waals surface area (Å²) in [7, 11) is 0. The van der Waals surface area contributed by atoms with Crippen LogP contribution < -0.4 is 0 Å². The van der Waals surface area contributed by atoms with Gasteiger partial charge in [0.25, 0.3) is 0 Å². The summed E-state index contributed by atoms with van der Waals surface area (Å²) >= 11 is 0. The van der Waals surface area contributed by atoms with Crippen molar-refractivity contribution in [2.24, 2.45) is 0 Å². The molecule has 0 amide bonds. The van der Waals surface area contributed by atoms with Crippen LogP contribution in [0.2, 0.25) is 0 Å². The van der Waals surface area contributed by atoms with E-state index in [4.69, 9.17) is 19.7 Å². The van der Waals surface area contributed by atoms with Gasteiger partial charge in [-0.2, -0.15) is 0 Å². The number of ether oxygens (including phenoxy) is 2. The number of carboxylic acid groups (broad SMARTS) is 2. The van der Waals surface area contributed by atoms with E-state index in [9.17, 15) is 19.8 Å². The molecule has 0 spiro atoms. The Kier molecular flexibility index (Phi) is 8.95. The smallest absolute Gasteiger partial charge is 0.336 e. The molecule has 4 N–H and O–H groups in total. The van der Waals surface area contributed by atoms with Gasteiger partial charge in [0.15, 0.2) is 0 Å². The van der Waals surface area contributed by atoms with Gasteiger partial charge >= 0.3 is 11.9 Å². The van der Waals surface area contributed by atoms with Crippen LogP contribution in [0.5, 0.6) is 0 Å². The lowest BCUT2D eigenvalue weighted by Gasteiger charge is -2.13. The summed E-state index contributed by atoms with van der Waals surface area (Å²) in [5.41, 5.74) is 0.188. The van der Waals surface area contributed by atoms with Gasteiger partial charge in [0, 0.05) is 32.0 Å². The van der Waals surface area contributed by atoms with Gasteiger partial charge in [-0.05, 0) is 30.5 Å².